The second kappa shape index (κ2) is 9.13. The topological polar surface area (TPSA) is 106 Å². The number of hydrazone groups is 1. The Morgan fingerprint density at radius 1 is 1.31 bits per heavy atom. The molecule has 3 N–H and O–H groups in total. The van der Waals surface area contributed by atoms with Crippen molar-refractivity contribution in [2.24, 2.45) is 5.10 Å². The predicted molar refractivity (Wildman–Crippen MR) is 128 cm³/mol. The molecule has 0 bridgehead atoms. The third-order valence-electron chi connectivity index (χ3n) is 6.24. The van der Waals surface area contributed by atoms with Crippen molar-refractivity contribution in [1.29, 1.82) is 0 Å². The second-order valence-electron chi connectivity index (χ2n) is 8.41. The fourth-order valence-electron chi connectivity index (χ4n) is 4.61. The number of aromatic nitrogens is 4. The minimum atomic E-state index is -0.800. The molecule has 0 spiro atoms. The highest BCUT2D eigenvalue weighted by Gasteiger charge is 2.35. The lowest BCUT2D eigenvalue weighted by atomic mass is 10.0. The Kier molecular flexibility index (Phi) is 6.00. The number of benzene rings is 1. The van der Waals surface area contributed by atoms with Gasteiger partial charge in [-0.25, -0.2) is 13.8 Å². The molecule has 2 aromatic heterocycles. The molecular weight excluding hydrogens is 454 g/mol. The Labute approximate surface area is 200 Å². The SMILES string of the molecule is CCn1c(C)nc2c(F)c(C#CC3=N[N+](=C4CCN[C@@H](COC)C4)c4ncnc(N)c43)c(F)cc21. The number of hydrogen-bond acceptors (Lipinski definition) is 7. The standard InChI is InChI=1S/C24H25F2N8O/c1-4-33-13(2)31-22-19(33)10-17(25)16(21(22)26)5-6-18-20-23(27)29-12-30-24(20)34(32-18)15-7-8-28-14(9-15)11-35-3/h10,12,14,28H,4,7-9,11H2,1-3H3,(H2,27,29,30)/q+1/t14-/m1/s1. The average Bonchev–Trinajstić information content (AvgIpc) is 3.37. The first-order valence-corrected chi connectivity index (χ1v) is 11.4. The number of halogens is 2. The average molecular weight is 480 g/mol. The number of nitrogens with zero attached hydrogens (tertiary/aromatic N) is 6. The molecule has 5 rings (SSSR count). The van der Waals surface area contributed by atoms with E-state index in [1.807, 2.05) is 6.92 Å². The zero-order valence-corrected chi connectivity index (χ0v) is 19.7. The summed E-state index contributed by atoms with van der Waals surface area (Å²) in [5.74, 6) is 5.17. The van der Waals surface area contributed by atoms with Gasteiger partial charge in [-0.3, -0.25) is 0 Å². The minimum absolute atomic E-state index is 0.0859. The van der Waals surface area contributed by atoms with Crippen molar-refractivity contribution in [3.63, 3.8) is 0 Å². The molecule has 0 aliphatic carbocycles. The van der Waals surface area contributed by atoms with Crippen molar-refractivity contribution >= 4 is 34.1 Å². The van der Waals surface area contributed by atoms with E-state index in [-0.39, 0.29) is 28.7 Å². The van der Waals surface area contributed by atoms with Crippen LogP contribution in [0.15, 0.2) is 17.5 Å². The summed E-state index contributed by atoms with van der Waals surface area (Å²) in [6.07, 6.45) is 2.80. The Balaban J connectivity index is 1.61. The van der Waals surface area contributed by atoms with Crippen molar-refractivity contribution in [2.45, 2.75) is 39.3 Å². The first-order chi connectivity index (χ1) is 16.9. The van der Waals surface area contributed by atoms with E-state index in [4.69, 9.17) is 10.5 Å². The summed E-state index contributed by atoms with van der Waals surface area (Å²) in [6.45, 7) is 5.51. The molecule has 3 aromatic rings. The summed E-state index contributed by atoms with van der Waals surface area (Å²) in [7, 11) is 1.66. The van der Waals surface area contributed by atoms with Gasteiger partial charge in [0.15, 0.2) is 17.1 Å². The van der Waals surface area contributed by atoms with Crippen LogP contribution < -0.4 is 11.1 Å². The lowest BCUT2D eigenvalue weighted by molar-refractivity contribution is -0.448. The Bertz CT molecular complexity index is 1460. The molecule has 1 aromatic carbocycles. The summed E-state index contributed by atoms with van der Waals surface area (Å²) < 4.78 is 38.9. The monoisotopic (exact) mass is 479 g/mol. The van der Waals surface area contributed by atoms with Crippen LogP contribution in [0.2, 0.25) is 0 Å². The van der Waals surface area contributed by atoms with Crippen molar-refractivity contribution in [1.82, 2.24) is 24.8 Å². The van der Waals surface area contributed by atoms with E-state index >= 15 is 4.39 Å². The highest BCUT2D eigenvalue weighted by atomic mass is 19.1. The number of nitrogen functional groups attached to an aromatic ring is 1. The molecule has 9 nitrogen and oxygen atoms in total. The zero-order chi connectivity index (χ0) is 24.7. The van der Waals surface area contributed by atoms with Crippen LogP contribution in [0, 0.1) is 30.4 Å². The second-order valence-corrected chi connectivity index (χ2v) is 8.41. The van der Waals surface area contributed by atoms with E-state index in [1.165, 1.54) is 12.4 Å². The Hall–Kier alpha value is -3.75. The summed E-state index contributed by atoms with van der Waals surface area (Å²) in [5, 5.41) is 8.03. The highest BCUT2D eigenvalue weighted by Crippen LogP contribution is 2.29. The summed E-state index contributed by atoms with van der Waals surface area (Å²) in [5.41, 5.74) is 7.96. The van der Waals surface area contributed by atoms with Gasteiger partial charge >= 0.3 is 5.82 Å². The molecule has 35 heavy (non-hydrogen) atoms. The van der Waals surface area contributed by atoms with Gasteiger partial charge in [0, 0.05) is 45.1 Å². The quantitative estimate of drug-likeness (QED) is 0.441. The number of aryl methyl sites for hydroxylation is 2. The van der Waals surface area contributed by atoms with E-state index in [0.29, 0.717) is 42.3 Å². The number of imidazole rings is 1. The molecule has 0 radical (unpaired) electrons. The van der Waals surface area contributed by atoms with E-state index in [0.717, 1.165) is 18.7 Å². The van der Waals surface area contributed by atoms with E-state index in [9.17, 15) is 4.39 Å². The lowest BCUT2D eigenvalue weighted by Crippen LogP contribution is -2.42. The maximum Gasteiger partial charge on any atom is 0.364 e. The third kappa shape index (κ3) is 3.94. The molecule has 180 valence electrons. The molecule has 2 aliphatic heterocycles. The molecule has 1 fully saturated rings. The molecule has 0 saturated carbocycles. The maximum absolute atomic E-state index is 15.3. The number of piperidine rings is 1. The normalized spacial score (nSPS) is 19.5. The number of fused-ring (bicyclic) bond motifs is 2. The molecule has 0 amide bonds. The maximum atomic E-state index is 15.3. The van der Waals surface area contributed by atoms with Gasteiger partial charge in [-0.15, -0.1) is 4.68 Å². The summed E-state index contributed by atoms with van der Waals surface area (Å²) >= 11 is 0. The van der Waals surface area contributed by atoms with Crippen LogP contribution in [0.5, 0.6) is 0 Å². The molecule has 11 heteroatoms. The number of methoxy groups -OCH3 is 1. The molecular formula is C24H25F2N8O+. The van der Waals surface area contributed by atoms with Gasteiger partial charge in [-0.05, 0) is 24.8 Å². The summed E-state index contributed by atoms with van der Waals surface area (Å²) in [6, 6.07) is 1.40. The van der Waals surface area contributed by atoms with Crippen molar-refractivity contribution in [2.75, 3.05) is 26.0 Å². The number of nitrogens with two attached hydrogens (primary N) is 1. The zero-order valence-electron chi connectivity index (χ0n) is 19.7. The first-order valence-electron chi connectivity index (χ1n) is 11.4. The van der Waals surface area contributed by atoms with Crippen LogP contribution in [-0.4, -0.2) is 61.9 Å². The van der Waals surface area contributed by atoms with Gasteiger partial charge in [0.1, 0.15) is 28.7 Å². The molecule has 2 aliphatic rings. The van der Waals surface area contributed by atoms with Crippen LogP contribution in [-0.2, 0) is 11.3 Å². The van der Waals surface area contributed by atoms with Crippen LogP contribution in [0.4, 0.5) is 20.4 Å². The van der Waals surface area contributed by atoms with Crippen molar-refractivity contribution in [3.8, 4) is 11.8 Å². The Morgan fingerprint density at radius 2 is 2.14 bits per heavy atom. The van der Waals surface area contributed by atoms with Crippen LogP contribution in [0.3, 0.4) is 0 Å². The fourth-order valence-corrected chi connectivity index (χ4v) is 4.61. The number of hydrogen-bond donors (Lipinski definition) is 2. The smallest absolute Gasteiger partial charge is 0.364 e. The number of anilines is 1. The Morgan fingerprint density at radius 3 is 2.91 bits per heavy atom. The van der Waals surface area contributed by atoms with Gasteiger partial charge in [0.2, 0.25) is 6.33 Å². The van der Waals surface area contributed by atoms with E-state index in [1.54, 1.807) is 23.3 Å². The van der Waals surface area contributed by atoms with E-state index < -0.39 is 11.6 Å². The van der Waals surface area contributed by atoms with Gasteiger partial charge in [-0.1, -0.05) is 11.0 Å². The minimum Gasteiger partial charge on any atom is -0.383 e. The van der Waals surface area contributed by atoms with Gasteiger partial charge in [-0.2, -0.15) is 4.98 Å². The molecule has 4 heterocycles. The highest BCUT2D eigenvalue weighted by molar-refractivity contribution is 6.18. The van der Waals surface area contributed by atoms with Crippen LogP contribution in [0.1, 0.15) is 36.7 Å². The lowest BCUT2D eigenvalue weighted by Gasteiger charge is -2.23. The van der Waals surface area contributed by atoms with Crippen molar-refractivity contribution in [3.05, 3.63) is 41.0 Å². The van der Waals surface area contributed by atoms with Gasteiger partial charge in [0.25, 0.3) is 0 Å². The van der Waals surface area contributed by atoms with Gasteiger partial charge in [0.05, 0.1) is 17.7 Å². The van der Waals surface area contributed by atoms with Crippen LogP contribution in [0.25, 0.3) is 11.0 Å². The molecule has 0 unspecified atom stereocenters. The van der Waals surface area contributed by atoms with Crippen LogP contribution >= 0.6 is 0 Å². The third-order valence-corrected chi connectivity index (χ3v) is 6.24. The first kappa shape index (κ1) is 23.0. The van der Waals surface area contributed by atoms with E-state index in [2.05, 4.69) is 37.2 Å². The number of ether oxygens (including phenoxy) is 1. The fraction of sp³-hybridized carbons (Fsp3) is 0.375. The van der Waals surface area contributed by atoms with Gasteiger partial charge < -0.3 is 20.4 Å². The molecule has 1 saturated heterocycles. The number of rotatable bonds is 3. The molecule has 1 atom stereocenters. The predicted octanol–water partition coefficient (Wildman–Crippen LogP) is 2.27. The largest absolute Gasteiger partial charge is 0.383 e. The number of nitrogens with one attached hydrogen (secondary N) is 1. The van der Waals surface area contributed by atoms with Crippen molar-refractivity contribution < 1.29 is 18.2 Å². The summed E-state index contributed by atoms with van der Waals surface area (Å²) in [4.78, 5) is 12.7.